The molecule has 1 amide bonds. The van der Waals surface area contributed by atoms with Gasteiger partial charge in [0, 0.05) is 12.5 Å². The Morgan fingerprint density at radius 2 is 2.00 bits per heavy atom. The first-order valence-electron chi connectivity index (χ1n) is 5.09. The average Bonchev–Trinajstić information content (AvgIpc) is 2.64. The smallest absolute Gasteiger partial charge is 0.303 e. The van der Waals surface area contributed by atoms with Crippen molar-refractivity contribution in [1.82, 2.24) is 5.32 Å². The summed E-state index contributed by atoms with van der Waals surface area (Å²) < 4.78 is -0.983. The fourth-order valence-corrected chi connectivity index (χ4v) is 2.15. The van der Waals surface area contributed by atoms with E-state index in [1.165, 1.54) is 0 Å². The topological polar surface area (TPSA) is 66.4 Å². The maximum Gasteiger partial charge on any atom is 0.303 e. The Labute approximate surface area is 104 Å². The number of carboxylic acid groups (broad SMARTS) is 1. The third kappa shape index (κ3) is 2.80. The Kier molecular flexibility index (Phi) is 3.75. The van der Waals surface area contributed by atoms with E-state index in [0.717, 1.165) is 0 Å². The fourth-order valence-electron chi connectivity index (χ4n) is 1.44. The molecule has 2 atom stereocenters. The van der Waals surface area contributed by atoms with Gasteiger partial charge in [-0.1, -0.05) is 0 Å². The van der Waals surface area contributed by atoms with E-state index in [9.17, 15) is 9.59 Å². The summed E-state index contributed by atoms with van der Waals surface area (Å²) in [7, 11) is 0. The van der Waals surface area contributed by atoms with E-state index in [1.807, 2.05) is 0 Å². The van der Waals surface area contributed by atoms with Crippen LogP contribution in [0.3, 0.4) is 0 Å². The molecule has 0 aromatic heterocycles. The second-order valence-corrected chi connectivity index (χ2v) is 6.00. The van der Waals surface area contributed by atoms with Crippen LogP contribution in [0.1, 0.15) is 33.1 Å². The summed E-state index contributed by atoms with van der Waals surface area (Å²) in [5.41, 5.74) is -0.742. The number of hydrogen-bond donors (Lipinski definition) is 2. The van der Waals surface area contributed by atoms with E-state index in [-0.39, 0.29) is 18.4 Å². The summed E-state index contributed by atoms with van der Waals surface area (Å²) in [6.07, 6.45) is 0.861. The number of carbonyl (C=O) groups excluding carboxylic acids is 1. The van der Waals surface area contributed by atoms with Gasteiger partial charge >= 0.3 is 5.97 Å². The number of nitrogens with one attached hydrogen (secondary N) is 1. The van der Waals surface area contributed by atoms with Gasteiger partial charge in [-0.05, 0) is 26.7 Å². The minimum atomic E-state index is -0.983. The predicted molar refractivity (Wildman–Crippen MR) is 61.6 cm³/mol. The minimum Gasteiger partial charge on any atom is -0.481 e. The van der Waals surface area contributed by atoms with Crippen molar-refractivity contribution in [3.63, 3.8) is 0 Å². The molecular formula is C10H15Cl2NO3. The molecule has 0 bridgehead atoms. The third-order valence-electron chi connectivity index (χ3n) is 2.93. The summed E-state index contributed by atoms with van der Waals surface area (Å²) in [5, 5.41) is 11.2. The number of hydrogen-bond acceptors (Lipinski definition) is 2. The highest BCUT2D eigenvalue weighted by atomic mass is 35.5. The van der Waals surface area contributed by atoms with Crippen molar-refractivity contribution in [2.75, 3.05) is 0 Å². The molecule has 0 aromatic carbocycles. The molecule has 16 heavy (non-hydrogen) atoms. The number of aliphatic carboxylic acids is 1. The highest BCUT2D eigenvalue weighted by Gasteiger charge is 2.67. The number of alkyl halides is 2. The molecule has 6 heteroatoms. The van der Waals surface area contributed by atoms with Crippen LogP contribution in [0.25, 0.3) is 0 Å². The van der Waals surface area contributed by atoms with Gasteiger partial charge in [0.25, 0.3) is 0 Å². The summed E-state index contributed by atoms with van der Waals surface area (Å²) >= 11 is 11.7. The number of carbonyl (C=O) groups is 2. The molecule has 2 N–H and O–H groups in total. The summed E-state index contributed by atoms with van der Waals surface area (Å²) in [6.45, 7) is 3.46. The molecule has 4 nitrogen and oxygen atoms in total. The van der Waals surface area contributed by atoms with Gasteiger partial charge in [0.05, 0.1) is 5.41 Å². The second kappa shape index (κ2) is 4.41. The molecule has 1 aliphatic rings. The Bertz CT molecular complexity index is 319. The summed E-state index contributed by atoms with van der Waals surface area (Å²) in [4.78, 5) is 22.1. The van der Waals surface area contributed by atoms with Gasteiger partial charge in [0.1, 0.15) is 4.33 Å². The lowest BCUT2D eigenvalue weighted by atomic mass is 10.1. The molecule has 0 spiro atoms. The molecule has 0 saturated heterocycles. The lowest BCUT2D eigenvalue weighted by molar-refractivity contribution is -0.137. The van der Waals surface area contributed by atoms with E-state index >= 15 is 0 Å². The van der Waals surface area contributed by atoms with Gasteiger partial charge in [-0.15, -0.1) is 23.2 Å². The van der Waals surface area contributed by atoms with Crippen LogP contribution in [0.5, 0.6) is 0 Å². The first-order chi connectivity index (χ1) is 7.19. The average molecular weight is 268 g/mol. The van der Waals surface area contributed by atoms with Gasteiger partial charge < -0.3 is 10.4 Å². The SMILES string of the molecule is CC(CCC(=O)O)NC(=O)C1(C)CC1(Cl)Cl. The fraction of sp³-hybridized carbons (Fsp3) is 0.800. The first-order valence-corrected chi connectivity index (χ1v) is 5.85. The van der Waals surface area contributed by atoms with Gasteiger partial charge in [0.15, 0.2) is 0 Å². The quantitative estimate of drug-likeness (QED) is 0.749. The molecule has 1 aliphatic carbocycles. The van der Waals surface area contributed by atoms with E-state index in [0.29, 0.717) is 12.8 Å². The Hall–Kier alpha value is -0.480. The lowest BCUT2D eigenvalue weighted by Crippen LogP contribution is -2.39. The highest BCUT2D eigenvalue weighted by molar-refractivity contribution is 6.53. The maximum atomic E-state index is 11.8. The van der Waals surface area contributed by atoms with Crippen LogP contribution in [0.15, 0.2) is 0 Å². The Morgan fingerprint density at radius 1 is 1.50 bits per heavy atom. The Morgan fingerprint density at radius 3 is 2.38 bits per heavy atom. The van der Waals surface area contributed by atoms with E-state index in [4.69, 9.17) is 28.3 Å². The van der Waals surface area contributed by atoms with Crippen LogP contribution in [0.4, 0.5) is 0 Å². The normalized spacial score (nSPS) is 28.2. The first kappa shape index (κ1) is 13.6. The highest BCUT2D eigenvalue weighted by Crippen LogP contribution is 2.63. The van der Waals surface area contributed by atoms with E-state index in [2.05, 4.69) is 5.32 Å². The molecule has 0 radical (unpaired) electrons. The second-order valence-electron chi connectivity index (χ2n) is 4.52. The molecule has 92 valence electrons. The van der Waals surface area contributed by atoms with E-state index in [1.54, 1.807) is 13.8 Å². The minimum absolute atomic E-state index is 0.0328. The Balaban J connectivity index is 2.38. The van der Waals surface area contributed by atoms with Gasteiger partial charge in [-0.3, -0.25) is 9.59 Å². The summed E-state index contributed by atoms with van der Waals surface area (Å²) in [5.74, 6) is -1.09. The van der Waals surface area contributed by atoms with Crippen molar-refractivity contribution in [1.29, 1.82) is 0 Å². The third-order valence-corrected chi connectivity index (χ3v) is 4.03. The van der Waals surface area contributed by atoms with Crippen molar-refractivity contribution < 1.29 is 14.7 Å². The monoisotopic (exact) mass is 267 g/mol. The molecule has 0 aliphatic heterocycles. The predicted octanol–water partition coefficient (Wildman–Crippen LogP) is 1.94. The van der Waals surface area contributed by atoms with Crippen LogP contribution in [0.2, 0.25) is 0 Å². The zero-order chi connectivity index (χ0) is 12.6. The maximum absolute atomic E-state index is 11.8. The number of halogens is 2. The van der Waals surface area contributed by atoms with Crippen LogP contribution in [0, 0.1) is 5.41 Å². The van der Waals surface area contributed by atoms with Crippen LogP contribution in [-0.2, 0) is 9.59 Å². The van der Waals surface area contributed by atoms with E-state index < -0.39 is 15.7 Å². The molecule has 1 fully saturated rings. The van der Waals surface area contributed by atoms with Crippen molar-refractivity contribution >= 4 is 35.1 Å². The standard InChI is InChI=1S/C10H15Cl2NO3/c1-6(3-4-7(14)15)13-8(16)9(2)5-10(9,11)12/h6H,3-5H2,1-2H3,(H,13,16)(H,14,15). The lowest BCUT2D eigenvalue weighted by Gasteiger charge is -2.17. The molecule has 2 unspecified atom stereocenters. The zero-order valence-electron chi connectivity index (χ0n) is 9.22. The largest absolute Gasteiger partial charge is 0.481 e. The van der Waals surface area contributed by atoms with Crippen LogP contribution in [-0.4, -0.2) is 27.4 Å². The summed E-state index contributed by atoms with van der Waals surface area (Å²) in [6, 6.07) is -0.190. The van der Waals surface area contributed by atoms with Gasteiger partial charge in [-0.2, -0.15) is 0 Å². The molecule has 0 heterocycles. The number of carboxylic acids is 1. The molecule has 0 aromatic rings. The molecular weight excluding hydrogens is 253 g/mol. The van der Waals surface area contributed by atoms with Gasteiger partial charge in [-0.25, -0.2) is 0 Å². The van der Waals surface area contributed by atoms with Crippen molar-refractivity contribution in [2.45, 2.75) is 43.5 Å². The number of rotatable bonds is 5. The van der Waals surface area contributed by atoms with Crippen molar-refractivity contribution in [3.05, 3.63) is 0 Å². The molecule has 1 rings (SSSR count). The van der Waals surface area contributed by atoms with Crippen LogP contribution >= 0.6 is 23.2 Å². The van der Waals surface area contributed by atoms with Gasteiger partial charge in [0.2, 0.25) is 5.91 Å². The van der Waals surface area contributed by atoms with Crippen LogP contribution < -0.4 is 5.32 Å². The number of amides is 1. The van der Waals surface area contributed by atoms with Crippen molar-refractivity contribution in [2.24, 2.45) is 5.41 Å². The van der Waals surface area contributed by atoms with Crippen molar-refractivity contribution in [3.8, 4) is 0 Å². The molecule has 1 saturated carbocycles. The zero-order valence-corrected chi connectivity index (χ0v) is 10.7.